The van der Waals surface area contributed by atoms with Gasteiger partial charge < -0.3 is 0 Å². The fraction of sp³-hybridized carbons (Fsp3) is 0.273. The van der Waals surface area contributed by atoms with E-state index in [-0.39, 0.29) is 5.82 Å². The average molecular weight is 206 g/mol. The molecule has 4 heteroatoms. The van der Waals surface area contributed by atoms with Gasteiger partial charge in [-0.3, -0.25) is 9.20 Å². The third kappa shape index (κ3) is 1.63. The van der Waals surface area contributed by atoms with Crippen molar-refractivity contribution in [1.82, 2.24) is 9.38 Å². The Bertz CT molecular complexity index is 505. The van der Waals surface area contributed by atoms with E-state index in [1.807, 2.05) is 6.92 Å². The molecule has 2 heterocycles. The lowest BCUT2D eigenvalue weighted by atomic mass is 10.2. The number of pyridine rings is 1. The maximum absolute atomic E-state index is 13.0. The van der Waals surface area contributed by atoms with Crippen LogP contribution in [0.15, 0.2) is 18.3 Å². The number of rotatable bonds is 3. The van der Waals surface area contributed by atoms with Crippen molar-refractivity contribution in [3.8, 4) is 0 Å². The first-order valence-electron chi connectivity index (χ1n) is 4.88. The summed E-state index contributed by atoms with van der Waals surface area (Å²) >= 11 is 0. The molecule has 0 saturated carbocycles. The number of aldehydes is 1. The molecule has 0 aromatic carbocycles. The Morgan fingerprint density at radius 2 is 2.33 bits per heavy atom. The van der Waals surface area contributed by atoms with Gasteiger partial charge in [-0.15, -0.1) is 0 Å². The van der Waals surface area contributed by atoms with Gasteiger partial charge in [-0.2, -0.15) is 0 Å². The van der Waals surface area contributed by atoms with Gasteiger partial charge in [0, 0.05) is 6.20 Å². The highest BCUT2D eigenvalue weighted by Crippen LogP contribution is 2.13. The van der Waals surface area contributed by atoms with E-state index in [1.54, 1.807) is 6.07 Å². The van der Waals surface area contributed by atoms with Crippen LogP contribution < -0.4 is 0 Å². The SMILES string of the molecule is CCCc1nc2ccc(F)cn2c1C=O. The summed E-state index contributed by atoms with van der Waals surface area (Å²) in [5.74, 6) is -0.369. The number of nitrogens with zero attached hydrogens (tertiary/aromatic N) is 2. The quantitative estimate of drug-likeness (QED) is 0.722. The Morgan fingerprint density at radius 1 is 1.53 bits per heavy atom. The van der Waals surface area contributed by atoms with Crippen LogP contribution in [0.4, 0.5) is 4.39 Å². The first-order valence-corrected chi connectivity index (χ1v) is 4.88. The van der Waals surface area contributed by atoms with Crippen molar-refractivity contribution < 1.29 is 9.18 Å². The van der Waals surface area contributed by atoms with E-state index in [1.165, 1.54) is 16.7 Å². The van der Waals surface area contributed by atoms with Gasteiger partial charge in [-0.25, -0.2) is 9.37 Å². The zero-order valence-electron chi connectivity index (χ0n) is 8.40. The number of aryl methyl sites for hydroxylation is 1. The number of carbonyl (C=O) groups excluding carboxylic acids is 1. The molecule has 0 fully saturated rings. The van der Waals surface area contributed by atoms with Gasteiger partial charge >= 0.3 is 0 Å². The first-order chi connectivity index (χ1) is 7.26. The molecule has 2 aromatic heterocycles. The highest BCUT2D eigenvalue weighted by atomic mass is 19.1. The normalized spacial score (nSPS) is 10.8. The number of aromatic nitrogens is 2. The first kappa shape index (κ1) is 9.83. The summed E-state index contributed by atoms with van der Waals surface area (Å²) in [6, 6.07) is 2.91. The second-order valence-electron chi connectivity index (χ2n) is 3.39. The van der Waals surface area contributed by atoms with Crippen molar-refractivity contribution in [2.75, 3.05) is 0 Å². The molecule has 0 spiro atoms. The molecule has 3 nitrogen and oxygen atoms in total. The molecular weight excluding hydrogens is 195 g/mol. The van der Waals surface area contributed by atoms with E-state index in [0.717, 1.165) is 24.8 Å². The van der Waals surface area contributed by atoms with E-state index in [4.69, 9.17) is 0 Å². The second kappa shape index (κ2) is 3.81. The Hall–Kier alpha value is -1.71. The van der Waals surface area contributed by atoms with E-state index < -0.39 is 0 Å². The van der Waals surface area contributed by atoms with Crippen LogP contribution in [0.2, 0.25) is 0 Å². The standard InChI is InChI=1S/C11H11FN2O/c1-2-3-9-10(7-15)14-6-8(12)4-5-11(14)13-9/h4-7H,2-3H2,1H3. The van der Waals surface area contributed by atoms with Gasteiger partial charge in [0.25, 0.3) is 0 Å². The lowest BCUT2D eigenvalue weighted by Gasteiger charge is -1.95. The Morgan fingerprint density at radius 3 is 3.00 bits per heavy atom. The summed E-state index contributed by atoms with van der Waals surface area (Å²) in [5.41, 5.74) is 1.80. The van der Waals surface area contributed by atoms with Crippen molar-refractivity contribution >= 4 is 11.9 Å². The lowest BCUT2D eigenvalue weighted by molar-refractivity contribution is 0.111. The number of imidazole rings is 1. The molecule has 2 rings (SSSR count). The fourth-order valence-electron chi connectivity index (χ4n) is 1.63. The molecule has 15 heavy (non-hydrogen) atoms. The third-order valence-electron chi connectivity index (χ3n) is 2.29. The van der Waals surface area contributed by atoms with Gasteiger partial charge in [-0.05, 0) is 18.6 Å². The average Bonchev–Trinajstić information content (AvgIpc) is 2.55. The van der Waals surface area contributed by atoms with Crippen LogP contribution >= 0.6 is 0 Å². The van der Waals surface area contributed by atoms with Crippen LogP contribution in [-0.4, -0.2) is 15.7 Å². The maximum Gasteiger partial charge on any atom is 0.168 e. The molecule has 0 aliphatic rings. The van der Waals surface area contributed by atoms with Crippen molar-refractivity contribution in [3.05, 3.63) is 35.5 Å². The molecule has 0 amide bonds. The van der Waals surface area contributed by atoms with Gasteiger partial charge in [0.15, 0.2) is 6.29 Å². The Balaban J connectivity index is 2.68. The zero-order valence-corrected chi connectivity index (χ0v) is 8.40. The van der Waals surface area contributed by atoms with Crippen LogP contribution in [0.5, 0.6) is 0 Å². The maximum atomic E-state index is 13.0. The molecule has 2 aromatic rings. The molecule has 0 unspecified atom stereocenters. The number of carbonyl (C=O) groups is 1. The van der Waals surface area contributed by atoms with E-state index in [0.29, 0.717) is 11.3 Å². The minimum absolute atomic E-state index is 0.369. The lowest BCUT2D eigenvalue weighted by Crippen LogP contribution is -1.95. The largest absolute Gasteiger partial charge is 0.296 e. The molecule has 0 aliphatic carbocycles. The predicted molar refractivity (Wildman–Crippen MR) is 54.5 cm³/mol. The summed E-state index contributed by atoms with van der Waals surface area (Å²) in [5, 5.41) is 0. The van der Waals surface area contributed by atoms with Crippen LogP contribution in [-0.2, 0) is 6.42 Å². The summed E-state index contributed by atoms with van der Waals surface area (Å²) in [6.45, 7) is 2.01. The summed E-state index contributed by atoms with van der Waals surface area (Å²) in [7, 11) is 0. The van der Waals surface area contributed by atoms with Crippen molar-refractivity contribution in [1.29, 1.82) is 0 Å². The summed E-state index contributed by atoms with van der Waals surface area (Å²) in [4.78, 5) is 15.2. The molecule has 0 aliphatic heterocycles. The Labute approximate surface area is 86.6 Å². The van der Waals surface area contributed by atoms with Crippen LogP contribution in [0.1, 0.15) is 29.5 Å². The van der Waals surface area contributed by atoms with Gasteiger partial charge in [0.2, 0.25) is 0 Å². The summed E-state index contributed by atoms with van der Waals surface area (Å²) in [6.07, 6.45) is 3.65. The number of hydrogen-bond acceptors (Lipinski definition) is 2. The van der Waals surface area contributed by atoms with E-state index >= 15 is 0 Å². The van der Waals surface area contributed by atoms with E-state index in [2.05, 4.69) is 4.98 Å². The number of fused-ring (bicyclic) bond motifs is 1. The smallest absolute Gasteiger partial charge is 0.168 e. The van der Waals surface area contributed by atoms with Crippen molar-refractivity contribution in [2.24, 2.45) is 0 Å². The molecule has 0 atom stereocenters. The minimum atomic E-state index is -0.369. The van der Waals surface area contributed by atoms with Crippen LogP contribution in [0.25, 0.3) is 5.65 Å². The Kier molecular flexibility index (Phi) is 2.49. The van der Waals surface area contributed by atoms with Crippen LogP contribution in [0.3, 0.4) is 0 Å². The van der Waals surface area contributed by atoms with E-state index in [9.17, 15) is 9.18 Å². The molecule has 78 valence electrons. The molecular formula is C11H11FN2O. The molecule has 0 saturated heterocycles. The number of halogens is 1. The highest BCUT2D eigenvalue weighted by molar-refractivity contribution is 5.76. The summed E-state index contributed by atoms with van der Waals surface area (Å²) < 4.78 is 14.5. The second-order valence-corrected chi connectivity index (χ2v) is 3.39. The molecule has 0 radical (unpaired) electrons. The zero-order chi connectivity index (χ0) is 10.8. The monoisotopic (exact) mass is 206 g/mol. The molecule has 0 N–H and O–H groups in total. The third-order valence-corrected chi connectivity index (χ3v) is 2.29. The minimum Gasteiger partial charge on any atom is -0.296 e. The van der Waals surface area contributed by atoms with Crippen molar-refractivity contribution in [3.63, 3.8) is 0 Å². The highest BCUT2D eigenvalue weighted by Gasteiger charge is 2.10. The molecule has 0 bridgehead atoms. The van der Waals surface area contributed by atoms with Gasteiger partial charge in [0.1, 0.15) is 17.2 Å². The number of hydrogen-bond donors (Lipinski definition) is 0. The van der Waals surface area contributed by atoms with Crippen LogP contribution in [0, 0.1) is 5.82 Å². The topological polar surface area (TPSA) is 34.4 Å². The predicted octanol–water partition coefficient (Wildman–Crippen LogP) is 2.24. The van der Waals surface area contributed by atoms with Gasteiger partial charge in [0.05, 0.1) is 5.69 Å². The van der Waals surface area contributed by atoms with Crippen molar-refractivity contribution in [2.45, 2.75) is 19.8 Å². The fourth-order valence-corrected chi connectivity index (χ4v) is 1.63. The van der Waals surface area contributed by atoms with Gasteiger partial charge in [-0.1, -0.05) is 13.3 Å².